The quantitative estimate of drug-likeness (QED) is 0.440. The lowest BCUT2D eigenvalue weighted by atomic mass is 10.1. The highest BCUT2D eigenvalue weighted by Crippen LogP contribution is 2.33. The summed E-state index contributed by atoms with van der Waals surface area (Å²) in [4.78, 5) is 12.1. The number of aryl methyl sites for hydroxylation is 1. The number of anilines is 3. The second-order valence-electron chi connectivity index (χ2n) is 5.81. The molecule has 6 nitrogen and oxygen atoms in total. The number of carbonyl (C=O) groups is 1. The predicted octanol–water partition coefficient (Wildman–Crippen LogP) is 4.80. The predicted molar refractivity (Wildman–Crippen MR) is 97.4 cm³/mol. The Kier molecular flexibility index (Phi) is 5.21. The van der Waals surface area contributed by atoms with Crippen LogP contribution in [-0.2, 0) is 7.05 Å². The minimum Gasteiger partial charge on any atom is -0.308 e. The summed E-state index contributed by atoms with van der Waals surface area (Å²) >= 11 is 0. The van der Waals surface area contributed by atoms with Crippen molar-refractivity contribution in [1.29, 1.82) is 0 Å². The van der Waals surface area contributed by atoms with Crippen molar-refractivity contribution in [3.8, 4) is 11.3 Å². The van der Waals surface area contributed by atoms with Gasteiger partial charge < -0.3 is 10.6 Å². The summed E-state index contributed by atoms with van der Waals surface area (Å²) in [5.74, 6) is -0.445. The van der Waals surface area contributed by atoms with Gasteiger partial charge in [0.2, 0.25) is 0 Å². The summed E-state index contributed by atoms with van der Waals surface area (Å²) in [5, 5.41) is 10.5. The molecular weight excluding hydrogens is 378 g/mol. The lowest BCUT2D eigenvalue weighted by Gasteiger charge is -2.16. The van der Waals surface area contributed by atoms with Gasteiger partial charge in [0.25, 0.3) is 0 Å². The summed E-state index contributed by atoms with van der Waals surface area (Å²) in [6.07, 6.45) is -3.17. The largest absolute Gasteiger partial charge is 0.482 e. The van der Waals surface area contributed by atoms with Gasteiger partial charge in [-0.25, -0.2) is 9.18 Å². The Morgan fingerprint density at radius 3 is 2.25 bits per heavy atom. The Balaban J connectivity index is 1.84. The van der Waals surface area contributed by atoms with Crippen LogP contribution in [0.4, 0.5) is 39.4 Å². The molecule has 146 valence electrons. The SMILES string of the molecule is Cn1nccc1-c1cc(NC(=O)Nc2ccc(F)cc2)ccc1NC(F)(F)F. The van der Waals surface area contributed by atoms with Crippen molar-refractivity contribution >= 4 is 23.1 Å². The highest BCUT2D eigenvalue weighted by atomic mass is 19.4. The Hall–Kier alpha value is -3.56. The topological polar surface area (TPSA) is 71.0 Å². The molecule has 0 saturated heterocycles. The number of halogens is 4. The summed E-state index contributed by atoms with van der Waals surface area (Å²) < 4.78 is 52.7. The minimum absolute atomic E-state index is 0.180. The van der Waals surface area contributed by atoms with Gasteiger partial charge in [-0.05, 0) is 48.5 Å². The molecule has 0 fully saturated rings. The van der Waals surface area contributed by atoms with Crippen LogP contribution in [0.3, 0.4) is 0 Å². The van der Waals surface area contributed by atoms with Gasteiger partial charge in [-0.15, -0.1) is 0 Å². The molecule has 0 spiro atoms. The number of urea groups is 1. The van der Waals surface area contributed by atoms with E-state index in [9.17, 15) is 22.4 Å². The number of alkyl halides is 3. The Morgan fingerprint density at radius 1 is 1.00 bits per heavy atom. The maximum atomic E-state index is 12.9. The van der Waals surface area contributed by atoms with Crippen molar-refractivity contribution in [1.82, 2.24) is 9.78 Å². The van der Waals surface area contributed by atoms with E-state index in [4.69, 9.17) is 0 Å². The molecule has 2 amide bonds. The molecule has 0 unspecified atom stereocenters. The number of rotatable bonds is 4. The second-order valence-corrected chi connectivity index (χ2v) is 5.81. The lowest BCUT2D eigenvalue weighted by molar-refractivity contribution is -0.0999. The van der Waals surface area contributed by atoms with Crippen molar-refractivity contribution in [3.05, 3.63) is 60.5 Å². The van der Waals surface area contributed by atoms with E-state index in [-0.39, 0.29) is 16.9 Å². The monoisotopic (exact) mass is 393 g/mol. The molecule has 10 heteroatoms. The van der Waals surface area contributed by atoms with Gasteiger partial charge in [0.05, 0.1) is 11.4 Å². The van der Waals surface area contributed by atoms with Crippen LogP contribution in [0.5, 0.6) is 0 Å². The lowest BCUT2D eigenvalue weighted by Crippen LogP contribution is -2.22. The van der Waals surface area contributed by atoms with Gasteiger partial charge >= 0.3 is 12.3 Å². The van der Waals surface area contributed by atoms with Crippen LogP contribution in [0.2, 0.25) is 0 Å². The maximum Gasteiger partial charge on any atom is 0.482 e. The Labute approximate surface area is 157 Å². The first-order chi connectivity index (χ1) is 13.2. The third-order valence-electron chi connectivity index (χ3n) is 3.75. The van der Waals surface area contributed by atoms with Gasteiger partial charge in [-0.2, -0.15) is 18.3 Å². The van der Waals surface area contributed by atoms with E-state index in [0.717, 1.165) is 0 Å². The molecule has 0 aliphatic carbocycles. The van der Waals surface area contributed by atoms with E-state index >= 15 is 0 Å². The summed E-state index contributed by atoms with van der Waals surface area (Å²) in [5.41, 5.74) is 1.08. The molecule has 0 bridgehead atoms. The number of hydrogen-bond donors (Lipinski definition) is 3. The van der Waals surface area contributed by atoms with E-state index in [0.29, 0.717) is 11.4 Å². The van der Waals surface area contributed by atoms with Crippen molar-refractivity contribution in [2.24, 2.45) is 7.05 Å². The first-order valence-electron chi connectivity index (χ1n) is 8.02. The molecule has 3 rings (SSSR count). The van der Waals surface area contributed by atoms with Crippen LogP contribution in [0.1, 0.15) is 0 Å². The third kappa shape index (κ3) is 4.78. The molecule has 1 aromatic heterocycles. The van der Waals surface area contributed by atoms with Gasteiger partial charge in [-0.1, -0.05) is 0 Å². The van der Waals surface area contributed by atoms with Crippen LogP contribution in [-0.4, -0.2) is 22.1 Å². The van der Waals surface area contributed by atoms with Crippen molar-refractivity contribution in [2.45, 2.75) is 6.30 Å². The second kappa shape index (κ2) is 7.59. The summed E-state index contributed by atoms with van der Waals surface area (Å²) in [7, 11) is 1.59. The molecule has 3 aromatic rings. The fourth-order valence-corrected chi connectivity index (χ4v) is 2.56. The number of benzene rings is 2. The van der Waals surface area contributed by atoms with Crippen LogP contribution in [0.25, 0.3) is 11.3 Å². The van der Waals surface area contributed by atoms with E-state index in [1.165, 1.54) is 58.7 Å². The van der Waals surface area contributed by atoms with Gasteiger partial charge in [0.15, 0.2) is 0 Å². The van der Waals surface area contributed by atoms with E-state index in [2.05, 4.69) is 15.7 Å². The zero-order valence-corrected chi connectivity index (χ0v) is 14.5. The molecule has 1 heterocycles. The first-order valence-corrected chi connectivity index (χ1v) is 8.02. The Morgan fingerprint density at radius 2 is 1.64 bits per heavy atom. The van der Waals surface area contributed by atoms with Crippen LogP contribution < -0.4 is 16.0 Å². The highest BCUT2D eigenvalue weighted by molar-refractivity contribution is 6.00. The zero-order valence-electron chi connectivity index (χ0n) is 14.5. The molecular formula is C18H15F4N5O. The minimum atomic E-state index is -4.62. The fourth-order valence-electron chi connectivity index (χ4n) is 2.56. The third-order valence-corrected chi connectivity index (χ3v) is 3.75. The van der Waals surface area contributed by atoms with Crippen molar-refractivity contribution in [2.75, 3.05) is 16.0 Å². The zero-order chi connectivity index (χ0) is 20.3. The molecule has 28 heavy (non-hydrogen) atoms. The standard InChI is InChI=1S/C18H15F4N5O/c1-27-16(8-9-23-27)14-10-13(6-7-15(14)26-18(20,21)22)25-17(28)24-12-4-2-11(19)3-5-12/h2-10,26H,1H3,(H2,24,25,28). The molecule has 0 aliphatic heterocycles. The molecule has 0 radical (unpaired) electrons. The molecule has 0 saturated carbocycles. The number of carbonyl (C=O) groups excluding carboxylic acids is 1. The number of nitrogens with one attached hydrogen (secondary N) is 3. The maximum absolute atomic E-state index is 12.9. The molecule has 0 aliphatic rings. The van der Waals surface area contributed by atoms with E-state index < -0.39 is 18.1 Å². The fraction of sp³-hybridized carbons (Fsp3) is 0.111. The van der Waals surface area contributed by atoms with Crippen molar-refractivity contribution < 1.29 is 22.4 Å². The first kappa shape index (κ1) is 19.2. The number of aromatic nitrogens is 2. The average Bonchev–Trinajstić information content (AvgIpc) is 3.03. The highest BCUT2D eigenvalue weighted by Gasteiger charge is 2.28. The van der Waals surface area contributed by atoms with Gasteiger partial charge in [0, 0.05) is 30.2 Å². The van der Waals surface area contributed by atoms with Crippen LogP contribution >= 0.6 is 0 Å². The van der Waals surface area contributed by atoms with E-state index in [1.807, 2.05) is 0 Å². The van der Waals surface area contributed by atoms with E-state index in [1.54, 1.807) is 13.1 Å². The van der Waals surface area contributed by atoms with Crippen molar-refractivity contribution in [3.63, 3.8) is 0 Å². The Bertz CT molecular complexity index is 982. The van der Waals surface area contributed by atoms with Gasteiger partial charge in [-0.3, -0.25) is 10.00 Å². The number of hydrogen-bond acceptors (Lipinski definition) is 3. The number of amides is 2. The average molecular weight is 393 g/mol. The van der Waals surface area contributed by atoms with Gasteiger partial charge in [0.1, 0.15) is 5.82 Å². The normalized spacial score (nSPS) is 11.2. The molecule has 0 atom stereocenters. The van der Waals surface area contributed by atoms with Crippen LogP contribution in [0, 0.1) is 5.82 Å². The summed E-state index contributed by atoms with van der Waals surface area (Å²) in [6, 6.07) is 10.0. The molecule has 2 aromatic carbocycles. The summed E-state index contributed by atoms with van der Waals surface area (Å²) in [6.45, 7) is 0. The number of nitrogens with zero attached hydrogens (tertiary/aromatic N) is 2. The molecule has 3 N–H and O–H groups in total. The van der Waals surface area contributed by atoms with Crippen LogP contribution in [0.15, 0.2) is 54.7 Å². The smallest absolute Gasteiger partial charge is 0.308 e.